The maximum atomic E-state index is 12.9. The van der Waals surface area contributed by atoms with Gasteiger partial charge in [0.05, 0.1) is 5.69 Å². The zero-order valence-corrected chi connectivity index (χ0v) is 9.40. The highest BCUT2D eigenvalue weighted by molar-refractivity contribution is 14.1. The lowest BCUT2D eigenvalue weighted by Gasteiger charge is -2.02. The van der Waals surface area contributed by atoms with E-state index in [4.69, 9.17) is 0 Å². The summed E-state index contributed by atoms with van der Waals surface area (Å²) in [4.78, 5) is 3.87. The molecule has 0 N–H and O–H groups in total. The van der Waals surface area contributed by atoms with E-state index in [1.165, 1.54) is 6.07 Å². The number of aromatic nitrogens is 1. The van der Waals surface area contributed by atoms with Crippen LogP contribution in [0.3, 0.4) is 0 Å². The fourth-order valence-corrected chi connectivity index (χ4v) is 1.83. The third-order valence-electron chi connectivity index (χ3n) is 1.86. The lowest BCUT2D eigenvalue weighted by atomic mass is 10.1. The molecule has 14 heavy (non-hydrogen) atoms. The van der Waals surface area contributed by atoms with Gasteiger partial charge in [0, 0.05) is 9.13 Å². The standard InChI is InChI=1S/C11H7FIN/c12-10-7-6-9(13)11(14-10)8-4-2-1-3-5-8/h1-7H. The summed E-state index contributed by atoms with van der Waals surface area (Å²) in [5.74, 6) is -0.440. The molecule has 0 aliphatic carbocycles. The molecule has 1 aromatic carbocycles. The molecule has 1 nitrogen and oxygen atoms in total. The molecular weight excluding hydrogens is 292 g/mol. The fourth-order valence-electron chi connectivity index (χ4n) is 1.22. The number of pyridine rings is 1. The van der Waals surface area contributed by atoms with Crippen molar-refractivity contribution >= 4 is 22.6 Å². The van der Waals surface area contributed by atoms with Crippen molar-refractivity contribution in [1.82, 2.24) is 4.98 Å². The van der Waals surface area contributed by atoms with E-state index < -0.39 is 5.95 Å². The first-order valence-electron chi connectivity index (χ1n) is 4.15. The number of hydrogen-bond donors (Lipinski definition) is 0. The largest absolute Gasteiger partial charge is 0.219 e. The van der Waals surface area contributed by atoms with Gasteiger partial charge in [0.25, 0.3) is 0 Å². The molecule has 0 aliphatic rings. The molecule has 0 saturated carbocycles. The van der Waals surface area contributed by atoms with Gasteiger partial charge in [-0.15, -0.1) is 0 Å². The lowest BCUT2D eigenvalue weighted by Crippen LogP contribution is -1.90. The van der Waals surface area contributed by atoms with Gasteiger partial charge in [-0.1, -0.05) is 30.3 Å². The molecule has 2 rings (SSSR count). The van der Waals surface area contributed by atoms with Crippen LogP contribution in [0.15, 0.2) is 42.5 Å². The van der Waals surface area contributed by atoms with Crippen molar-refractivity contribution in [3.63, 3.8) is 0 Å². The van der Waals surface area contributed by atoms with Crippen molar-refractivity contribution in [2.75, 3.05) is 0 Å². The molecule has 0 fully saturated rings. The van der Waals surface area contributed by atoms with Gasteiger partial charge in [0.2, 0.25) is 5.95 Å². The SMILES string of the molecule is Fc1ccc(I)c(-c2ccccc2)n1. The maximum Gasteiger partial charge on any atom is 0.213 e. The molecule has 0 saturated heterocycles. The Morgan fingerprint density at radius 2 is 1.71 bits per heavy atom. The van der Waals surface area contributed by atoms with Crippen LogP contribution in [-0.4, -0.2) is 4.98 Å². The minimum Gasteiger partial charge on any atom is -0.219 e. The van der Waals surface area contributed by atoms with Crippen LogP contribution in [-0.2, 0) is 0 Å². The van der Waals surface area contributed by atoms with Crippen LogP contribution in [0.25, 0.3) is 11.3 Å². The van der Waals surface area contributed by atoms with Crippen LogP contribution in [0.4, 0.5) is 4.39 Å². The van der Waals surface area contributed by atoms with Gasteiger partial charge in [-0.25, -0.2) is 4.98 Å². The van der Waals surface area contributed by atoms with Crippen molar-refractivity contribution in [2.45, 2.75) is 0 Å². The first-order chi connectivity index (χ1) is 6.77. The topological polar surface area (TPSA) is 12.9 Å². The Kier molecular flexibility index (Phi) is 2.77. The molecule has 0 spiro atoms. The molecule has 3 heteroatoms. The average molecular weight is 299 g/mol. The van der Waals surface area contributed by atoms with Crippen LogP contribution < -0.4 is 0 Å². The average Bonchev–Trinajstić information content (AvgIpc) is 2.23. The van der Waals surface area contributed by atoms with E-state index in [-0.39, 0.29) is 0 Å². The van der Waals surface area contributed by atoms with Gasteiger partial charge in [-0.2, -0.15) is 4.39 Å². The van der Waals surface area contributed by atoms with Gasteiger partial charge in [0.15, 0.2) is 0 Å². The zero-order valence-electron chi connectivity index (χ0n) is 7.24. The second kappa shape index (κ2) is 4.04. The third kappa shape index (κ3) is 1.92. The summed E-state index contributed by atoms with van der Waals surface area (Å²) in [6, 6.07) is 12.7. The number of nitrogens with zero attached hydrogens (tertiary/aromatic N) is 1. The number of halogens is 2. The Bertz CT molecular complexity index is 442. The Morgan fingerprint density at radius 1 is 1.00 bits per heavy atom. The van der Waals surface area contributed by atoms with Gasteiger partial charge in [0.1, 0.15) is 0 Å². The highest BCUT2D eigenvalue weighted by Gasteiger charge is 2.04. The quantitative estimate of drug-likeness (QED) is 0.580. The number of rotatable bonds is 1. The third-order valence-corrected chi connectivity index (χ3v) is 2.73. The Labute approximate surface area is 95.1 Å². The molecule has 1 heterocycles. The van der Waals surface area contributed by atoms with E-state index >= 15 is 0 Å². The molecule has 0 bridgehead atoms. The fraction of sp³-hybridized carbons (Fsp3) is 0. The summed E-state index contributed by atoms with van der Waals surface area (Å²) in [6.07, 6.45) is 0. The number of hydrogen-bond acceptors (Lipinski definition) is 1. The van der Waals surface area contributed by atoms with Crippen molar-refractivity contribution in [3.05, 3.63) is 52.0 Å². The van der Waals surface area contributed by atoms with Crippen LogP contribution in [0.2, 0.25) is 0 Å². The second-order valence-corrected chi connectivity index (χ2v) is 3.99. The first-order valence-corrected chi connectivity index (χ1v) is 5.23. The van der Waals surface area contributed by atoms with E-state index in [0.29, 0.717) is 5.69 Å². The van der Waals surface area contributed by atoms with E-state index in [1.54, 1.807) is 6.07 Å². The molecule has 0 unspecified atom stereocenters. The normalized spacial score (nSPS) is 10.1. The molecule has 0 radical (unpaired) electrons. The second-order valence-electron chi connectivity index (χ2n) is 2.83. The van der Waals surface area contributed by atoms with Crippen molar-refractivity contribution in [2.24, 2.45) is 0 Å². The van der Waals surface area contributed by atoms with E-state index in [0.717, 1.165) is 9.13 Å². The summed E-state index contributed by atoms with van der Waals surface area (Å²) in [6.45, 7) is 0. The first kappa shape index (κ1) is 9.58. The minimum absolute atomic E-state index is 0.440. The van der Waals surface area contributed by atoms with Crippen LogP contribution >= 0.6 is 22.6 Å². The van der Waals surface area contributed by atoms with Gasteiger partial charge in [-0.3, -0.25) is 0 Å². The number of benzene rings is 1. The highest BCUT2D eigenvalue weighted by atomic mass is 127. The van der Waals surface area contributed by atoms with Crippen molar-refractivity contribution in [1.29, 1.82) is 0 Å². The van der Waals surface area contributed by atoms with E-state index in [1.807, 2.05) is 30.3 Å². The molecule has 0 amide bonds. The summed E-state index contributed by atoms with van der Waals surface area (Å²) in [5.41, 5.74) is 1.64. The van der Waals surface area contributed by atoms with Gasteiger partial charge >= 0.3 is 0 Å². The Hall–Kier alpha value is -0.970. The molecular formula is C11H7FIN. The van der Waals surface area contributed by atoms with Gasteiger partial charge < -0.3 is 0 Å². The van der Waals surface area contributed by atoms with Crippen LogP contribution in [0.1, 0.15) is 0 Å². The maximum absolute atomic E-state index is 12.9. The summed E-state index contributed by atoms with van der Waals surface area (Å²) in [5, 5.41) is 0. The van der Waals surface area contributed by atoms with E-state index in [9.17, 15) is 4.39 Å². The molecule has 70 valence electrons. The predicted molar refractivity (Wildman–Crippen MR) is 62.3 cm³/mol. The van der Waals surface area contributed by atoms with Gasteiger partial charge in [-0.05, 0) is 34.7 Å². The minimum atomic E-state index is -0.440. The summed E-state index contributed by atoms with van der Waals surface area (Å²) in [7, 11) is 0. The lowest BCUT2D eigenvalue weighted by molar-refractivity contribution is 0.585. The van der Waals surface area contributed by atoms with Crippen LogP contribution in [0.5, 0.6) is 0 Å². The molecule has 1 aromatic heterocycles. The Morgan fingerprint density at radius 3 is 2.43 bits per heavy atom. The van der Waals surface area contributed by atoms with Crippen molar-refractivity contribution < 1.29 is 4.39 Å². The molecule has 2 aromatic rings. The molecule has 0 atom stereocenters. The monoisotopic (exact) mass is 299 g/mol. The Balaban J connectivity index is 2.57. The van der Waals surface area contributed by atoms with Crippen LogP contribution in [0, 0.1) is 9.52 Å². The molecule has 0 aliphatic heterocycles. The predicted octanol–water partition coefficient (Wildman–Crippen LogP) is 3.49. The summed E-state index contributed by atoms with van der Waals surface area (Å²) >= 11 is 2.15. The van der Waals surface area contributed by atoms with E-state index in [2.05, 4.69) is 27.6 Å². The summed E-state index contributed by atoms with van der Waals surface area (Å²) < 4.78 is 13.9. The highest BCUT2D eigenvalue weighted by Crippen LogP contribution is 2.22. The smallest absolute Gasteiger partial charge is 0.213 e. The zero-order chi connectivity index (χ0) is 9.97. The van der Waals surface area contributed by atoms with Crippen molar-refractivity contribution in [3.8, 4) is 11.3 Å².